The van der Waals surface area contributed by atoms with Crippen LogP contribution in [0.25, 0.3) is 0 Å². The van der Waals surface area contributed by atoms with Gasteiger partial charge in [0, 0.05) is 0 Å². The molecule has 1 N–H and O–H groups in total. The first-order valence-electron chi connectivity index (χ1n) is 3.16. The topological polar surface area (TPSA) is 20.2 Å². The summed E-state index contributed by atoms with van der Waals surface area (Å²) in [5.74, 6) is 0. The number of aliphatic hydroxyl groups excluding tert-OH is 1. The van der Waals surface area contributed by atoms with Crippen molar-refractivity contribution in [2.75, 3.05) is 0 Å². The summed E-state index contributed by atoms with van der Waals surface area (Å²) in [6, 6.07) is 1.81. The van der Waals surface area contributed by atoms with E-state index < -0.39 is 0 Å². The van der Waals surface area contributed by atoms with Gasteiger partial charge in [-0.3, -0.25) is 0 Å². The lowest BCUT2D eigenvalue weighted by Crippen LogP contribution is -1.90. The Kier molecular flexibility index (Phi) is 2.72. The van der Waals surface area contributed by atoms with Crippen LogP contribution in [0.4, 0.5) is 0 Å². The molecule has 0 amide bonds. The number of hydrogen-bond donors (Lipinski definition) is 1. The Labute approximate surface area is 69.3 Å². The van der Waals surface area contributed by atoms with E-state index in [4.69, 9.17) is 11.6 Å². The second kappa shape index (κ2) is 3.37. The third-order valence-electron chi connectivity index (χ3n) is 1.33. The molecule has 1 aromatic heterocycles. The monoisotopic (exact) mass is 176 g/mol. The van der Waals surface area contributed by atoms with Crippen LogP contribution in [0.5, 0.6) is 0 Å². The van der Waals surface area contributed by atoms with Crippen LogP contribution in [0.1, 0.15) is 24.3 Å². The van der Waals surface area contributed by atoms with E-state index in [1.165, 1.54) is 11.3 Å². The van der Waals surface area contributed by atoms with E-state index in [0.717, 1.165) is 11.3 Å². The molecule has 1 rings (SSSR count). The van der Waals surface area contributed by atoms with Gasteiger partial charge in [-0.2, -0.15) is 0 Å². The van der Waals surface area contributed by atoms with E-state index in [9.17, 15) is 5.11 Å². The predicted molar refractivity (Wildman–Crippen MR) is 44.6 cm³/mol. The zero-order valence-corrected chi connectivity index (χ0v) is 7.25. The van der Waals surface area contributed by atoms with Gasteiger partial charge >= 0.3 is 0 Å². The van der Waals surface area contributed by atoms with Gasteiger partial charge in [-0.05, 0) is 17.9 Å². The van der Waals surface area contributed by atoms with Gasteiger partial charge in [0.05, 0.1) is 16.0 Å². The van der Waals surface area contributed by atoms with Gasteiger partial charge in [0.2, 0.25) is 0 Å². The zero-order valence-electron chi connectivity index (χ0n) is 5.67. The quantitative estimate of drug-likeness (QED) is 0.735. The maximum absolute atomic E-state index is 9.32. The first-order valence-corrected chi connectivity index (χ1v) is 4.42. The molecule has 0 fully saturated rings. The molecule has 1 unspecified atom stereocenters. The lowest BCUT2D eigenvalue weighted by Gasteiger charge is -2.03. The van der Waals surface area contributed by atoms with Gasteiger partial charge in [-0.25, -0.2) is 0 Å². The first-order chi connectivity index (χ1) is 4.75. The van der Waals surface area contributed by atoms with Crippen LogP contribution in [0.2, 0.25) is 5.02 Å². The van der Waals surface area contributed by atoms with Gasteiger partial charge in [0.25, 0.3) is 0 Å². The minimum Gasteiger partial charge on any atom is -0.388 e. The summed E-state index contributed by atoms with van der Waals surface area (Å²) in [6.07, 6.45) is 0.341. The molecular formula is C7H9ClOS. The van der Waals surface area contributed by atoms with E-state index in [1.54, 1.807) is 6.07 Å². The van der Waals surface area contributed by atoms with Gasteiger partial charge in [0.1, 0.15) is 0 Å². The highest BCUT2D eigenvalue weighted by molar-refractivity contribution is 7.10. The molecule has 1 atom stereocenters. The Hall–Kier alpha value is -0.0500. The van der Waals surface area contributed by atoms with Crippen LogP contribution >= 0.6 is 22.9 Å². The Morgan fingerprint density at radius 2 is 2.50 bits per heavy atom. The Balaban J connectivity index is 2.82. The molecule has 3 heteroatoms. The summed E-state index contributed by atoms with van der Waals surface area (Å²) < 4.78 is 0. The van der Waals surface area contributed by atoms with Gasteiger partial charge in [-0.15, -0.1) is 11.3 Å². The number of thiophene rings is 1. The zero-order chi connectivity index (χ0) is 7.56. The van der Waals surface area contributed by atoms with Gasteiger partial charge < -0.3 is 5.11 Å². The lowest BCUT2D eigenvalue weighted by molar-refractivity contribution is 0.177. The van der Waals surface area contributed by atoms with Crippen molar-refractivity contribution in [3.63, 3.8) is 0 Å². The van der Waals surface area contributed by atoms with Gasteiger partial charge in [0.15, 0.2) is 0 Å². The van der Waals surface area contributed by atoms with Crippen molar-refractivity contribution in [3.8, 4) is 0 Å². The van der Waals surface area contributed by atoms with Crippen LogP contribution in [0, 0.1) is 0 Å². The summed E-state index contributed by atoms with van der Waals surface area (Å²) in [6.45, 7) is 1.93. The summed E-state index contributed by atoms with van der Waals surface area (Å²) in [7, 11) is 0. The molecule has 0 radical (unpaired) electrons. The molecule has 1 nitrogen and oxygen atoms in total. The average molecular weight is 177 g/mol. The molecule has 0 bridgehead atoms. The second-order valence-electron chi connectivity index (χ2n) is 2.06. The molecule has 56 valence electrons. The highest BCUT2D eigenvalue weighted by Crippen LogP contribution is 2.29. The van der Waals surface area contributed by atoms with E-state index in [-0.39, 0.29) is 6.10 Å². The number of hydrogen-bond acceptors (Lipinski definition) is 2. The SMILES string of the molecule is CCC(O)c1sccc1Cl. The number of halogens is 1. The maximum Gasteiger partial charge on any atom is 0.0894 e. The molecule has 10 heavy (non-hydrogen) atoms. The van der Waals surface area contributed by atoms with Crippen molar-refractivity contribution in [2.24, 2.45) is 0 Å². The Morgan fingerprint density at radius 3 is 2.90 bits per heavy atom. The number of aliphatic hydroxyl groups is 1. The minimum atomic E-state index is -0.382. The lowest BCUT2D eigenvalue weighted by atomic mass is 10.2. The second-order valence-corrected chi connectivity index (χ2v) is 3.41. The van der Waals surface area contributed by atoms with E-state index in [1.807, 2.05) is 12.3 Å². The van der Waals surface area contributed by atoms with Crippen molar-refractivity contribution in [1.29, 1.82) is 0 Å². The average Bonchev–Trinajstić information content (AvgIpc) is 2.34. The molecule has 0 spiro atoms. The van der Waals surface area contributed by atoms with Crippen LogP contribution < -0.4 is 0 Å². The van der Waals surface area contributed by atoms with Crippen LogP contribution in [-0.2, 0) is 0 Å². The third kappa shape index (κ3) is 1.51. The van der Waals surface area contributed by atoms with Crippen molar-refractivity contribution >= 4 is 22.9 Å². The van der Waals surface area contributed by atoms with Crippen molar-refractivity contribution in [2.45, 2.75) is 19.4 Å². The fourth-order valence-corrected chi connectivity index (χ4v) is 1.98. The summed E-state index contributed by atoms with van der Waals surface area (Å²) in [5.41, 5.74) is 0. The fourth-order valence-electron chi connectivity index (χ4n) is 0.729. The molecule has 0 saturated carbocycles. The van der Waals surface area contributed by atoms with E-state index in [0.29, 0.717) is 5.02 Å². The molecule has 0 aromatic carbocycles. The molecule has 0 aliphatic rings. The highest BCUT2D eigenvalue weighted by Gasteiger charge is 2.09. The smallest absolute Gasteiger partial charge is 0.0894 e. The first kappa shape index (κ1) is 8.05. The fraction of sp³-hybridized carbons (Fsp3) is 0.429. The van der Waals surface area contributed by atoms with Crippen molar-refractivity contribution in [3.05, 3.63) is 21.3 Å². The normalized spacial score (nSPS) is 13.5. The molecular weight excluding hydrogens is 168 g/mol. The molecule has 0 saturated heterocycles. The largest absolute Gasteiger partial charge is 0.388 e. The van der Waals surface area contributed by atoms with Crippen LogP contribution in [-0.4, -0.2) is 5.11 Å². The van der Waals surface area contributed by atoms with Crippen LogP contribution in [0.15, 0.2) is 11.4 Å². The number of rotatable bonds is 2. The van der Waals surface area contributed by atoms with Crippen molar-refractivity contribution in [1.82, 2.24) is 0 Å². The summed E-state index contributed by atoms with van der Waals surface area (Å²) in [4.78, 5) is 0.879. The molecule has 0 aliphatic carbocycles. The van der Waals surface area contributed by atoms with E-state index in [2.05, 4.69) is 0 Å². The maximum atomic E-state index is 9.32. The summed E-state index contributed by atoms with van der Waals surface area (Å²) in [5, 5.41) is 11.9. The van der Waals surface area contributed by atoms with Gasteiger partial charge in [-0.1, -0.05) is 18.5 Å². The summed E-state index contributed by atoms with van der Waals surface area (Å²) >= 11 is 7.26. The van der Waals surface area contributed by atoms with Crippen LogP contribution in [0.3, 0.4) is 0 Å². The van der Waals surface area contributed by atoms with E-state index >= 15 is 0 Å². The molecule has 1 aromatic rings. The highest BCUT2D eigenvalue weighted by atomic mass is 35.5. The Morgan fingerprint density at radius 1 is 1.80 bits per heavy atom. The minimum absolute atomic E-state index is 0.382. The van der Waals surface area contributed by atoms with Crippen molar-refractivity contribution < 1.29 is 5.11 Å². The standard InChI is InChI=1S/C7H9ClOS/c1-2-6(9)7-5(8)3-4-10-7/h3-4,6,9H,2H2,1H3. The molecule has 1 heterocycles. The molecule has 0 aliphatic heterocycles. The Bertz CT molecular complexity index is 209. The predicted octanol–water partition coefficient (Wildman–Crippen LogP) is 2.84. The third-order valence-corrected chi connectivity index (χ3v) is 2.79.